The van der Waals surface area contributed by atoms with Crippen LogP contribution in [0.4, 0.5) is 5.69 Å². The van der Waals surface area contributed by atoms with Gasteiger partial charge in [0.25, 0.3) is 5.91 Å². The molecular formula is C25H19NO7. The van der Waals surface area contributed by atoms with Gasteiger partial charge >= 0.3 is 0 Å². The molecule has 0 saturated heterocycles. The highest BCUT2D eigenvalue weighted by Crippen LogP contribution is 2.44. The number of aliphatic hydroxyl groups is 1. The Kier molecular flexibility index (Phi) is 4.31. The fraction of sp³-hybridized carbons (Fsp3) is 0.200. The Hall–Kier alpha value is -4.04. The summed E-state index contributed by atoms with van der Waals surface area (Å²) < 4.78 is 21.4. The lowest BCUT2D eigenvalue weighted by Gasteiger charge is -2.23. The molecule has 3 heterocycles. The zero-order valence-electron chi connectivity index (χ0n) is 17.4. The number of rotatable bonds is 5. The molecule has 3 aromatic rings. The predicted octanol–water partition coefficient (Wildman–Crippen LogP) is 3.15. The van der Waals surface area contributed by atoms with Gasteiger partial charge in [-0.05, 0) is 42.0 Å². The van der Waals surface area contributed by atoms with Gasteiger partial charge in [-0.1, -0.05) is 24.3 Å². The second kappa shape index (κ2) is 7.25. The molecule has 0 spiro atoms. The third kappa shape index (κ3) is 3.10. The molecule has 0 unspecified atom stereocenters. The molecule has 0 saturated carbocycles. The Labute approximate surface area is 188 Å². The molecule has 0 aliphatic carbocycles. The van der Waals surface area contributed by atoms with Gasteiger partial charge in [-0.15, -0.1) is 0 Å². The maximum atomic E-state index is 13.5. The van der Waals surface area contributed by atoms with E-state index in [1.807, 2.05) is 12.1 Å². The van der Waals surface area contributed by atoms with Gasteiger partial charge in [-0.25, -0.2) is 0 Å². The third-order valence-corrected chi connectivity index (χ3v) is 6.13. The number of ketones is 1. The number of benzene rings is 3. The van der Waals surface area contributed by atoms with E-state index in [1.54, 1.807) is 48.5 Å². The summed E-state index contributed by atoms with van der Waals surface area (Å²) >= 11 is 0. The topological polar surface area (TPSA) is 94.5 Å². The van der Waals surface area contributed by atoms with E-state index in [2.05, 4.69) is 0 Å². The number of amides is 1. The Morgan fingerprint density at radius 3 is 2.33 bits per heavy atom. The molecule has 8 nitrogen and oxygen atoms in total. The van der Waals surface area contributed by atoms with Gasteiger partial charge in [0.2, 0.25) is 13.6 Å². The summed E-state index contributed by atoms with van der Waals surface area (Å²) in [5.41, 5.74) is 0.160. The SMILES string of the molecule is O=C(C[C@]1(O)C(=O)N(Cc2ccc3c(c2)OCO3)c2ccccc21)c1ccc2c(c1)OCO2. The van der Waals surface area contributed by atoms with Crippen molar-refractivity contribution in [2.24, 2.45) is 0 Å². The number of anilines is 1. The summed E-state index contributed by atoms with van der Waals surface area (Å²) in [6.45, 7) is 0.469. The number of ether oxygens (including phenoxy) is 4. The Bertz CT molecular complexity index is 1300. The van der Waals surface area contributed by atoms with Crippen LogP contribution in [0.1, 0.15) is 27.9 Å². The number of fused-ring (bicyclic) bond motifs is 3. The number of carbonyl (C=O) groups excluding carboxylic acids is 2. The molecule has 6 rings (SSSR count). The first kappa shape index (κ1) is 19.6. The summed E-state index contributed by atoms with van der Waals surface area (Å²) in [6.07, 6.45) is -0.389. The number of carbonyl (C=O) groups is 2. The van der Waals surface area contributed by atoms with Crippen molar-refractivity contribution in [2.75, 3.05) is 18.5 Å². The summed E-state index contributed by atoms with van der Waals surface area (Å²) in [5, 5.41) is 11.5. The van der Waals surface area contributed by atoms with E-state index in [9.17, 15) is 14.7 Å². The van der Waals surface area contributed by atoms with Gasteiger partial charge in [0.05, 0.1) is 18.7 Å². The first-order valence-corrected chi connectivity index (χ1v) is 10.5. The van der Waals surface area contributed by atoms with E-state index in [1.165, 1.54) is 4.90 Å². The molecule has 0 radical (unpaired) electrons. The fourth-order valence-electron chi connectivity index (χ4n) is 4.46. The number of hydrogen-bond acceptors (Lipinski definition) is 7. The predicted molar refractivity (Wildman–Crippen MR) is 116 cm³/mol. The van der Waals surface area contributed by atoms with E-state index >= 15 is 0 Å². The molecule has 1 amide bonds. The Morgan fingerprint density at radius 1 is 0.879 bits per heavy atom. The van der Waals surface area contributed by atoms with Crippen molar-refractivity contribution in [3.8, 4) is 23.0 Å². The molecule has 1 atom stereocenters. The van der Waals surface area contributed by atoms with Gasteiger partial charge in [-0.3, -0.25) is 9.59 Å². The summed E-state index contributed by atoms with van der Waals surface area (Å²) in [7, 11) is 0. The average Bonchev–Trinajstić information content (AvgIpc) is 3.54. The number of hydrogen-bond donors (Lipinski definition) is 1. The minimum atomic E-state index is -1.97. The van der Waals surface area contributed by atoms with Crippen LogP contribution in [0, 0.1) is 0 Å². The van der Waals surface area contributed by atoms with Crippen molar-refractivity contribution in [3.05, 3.63) is 77.4 Å². The lowest BCUT2D eigenvalue weighted by atomic mass is 9.88. The normalized spacial score (nSPS) is 19.7. The number of para-hydroxylation sites is 1. The van der Waals surface area contributed by atoms with Crippen molar-refractivity contribution in [3.63, 3.8) is 0 Å². The van der Waals surface area contributed by atoms with Crippen molar-refractivity contribution < 1.29 is 33.6 Å². The van der Waals surface area contributed by atoms with Crippen molar-refractivity contribution in [2.45, 2.75) is 18.6 Å². The van der Waals surface area contributed by atoms with Crippen molar-refractivity contribution in [1.29, 1.82) is 0 Å². The summed E-state index contributed by atoms with van der Waals surface area (Å²) in [6, 6.07) is 17.3. The molecule has 0 bridgehead atoms. The standard InChI is InChI=1S/C25H19NO7/c27-19(16-6-8-21-23(10-16)33-14-31-21)11-25(29)17-3-1-2-4-18(17)26(24(25)28)12-15-5-7-20-22(9-15)32-13-30-20/h1-10,29H,11-14H2/t25-/m1/s1. The van der Waals surface area contributed by atoms with E-state index in [4.69, 9.17) is 18.9 Å². The van der Waals surface area contributed by atoms with Crippen LogP contribution >= 0.6 is 0 Å². The van der Waals surface area contributed by atoms with Crippen molar-refractivity contribution >= 4 is 17.4 Å². The molecule has 8 heteroatoms. The summed E-state index contributed by atoms with van der Waals surface area (Å²) in [5.74, 6) is 1.37. The van der Waals surface area contributed by atoms with Crippen LogP contribution < -0.4 is 23.8 Å². The average molecular weight is 445 g/mol. The van der Waals surface area contributed by atoms with Crippen LogP contribution in [0.3, 0.4) is 0 Å². The second-order valence-corrected chi connectivity index (χ2v) is 8.12. The monoisotopic (exact) mass is 445 g/mol. The minimum absolute atomic E-state index is 0.0948. The molecule has 3 aliphatic rings. The lowest BCUT2D eigenvalue weighted by Crippen LogP contribution is -2.41. The van der Waals surface area contributed by atoms with E-state index in [0.717, 1.165) is 5.56 Å². The highest BCUT2D eigenvalue weighted by molar-refractivity contribution is 6.10. The quantitative estimate of drug-likeness (QED) is 0.603. The maximum absolute atomic E-state index is 13.5. The molecular weight excluding hydrogens is 426 g/mol. The second-order valence-electron chi connectivity index (χ2n) is 8.12. The number of Topliss-reactive ketones (excluding diaryl/α,β-unsaturated/α-hetero) is 1. The number of nitrogens with zero attached hydrogens (tertiary/aromatic N) is 1. The zero-order chi connectivity index (χ0) is 22.6. The first-order valence-electron chi connectivity index (χ1n) is 10.5. The highest BCUT2D eigenvalue weighted by atomic mass is 16.7. The van der Waals surface area contributed by atoms with E-state index < -0.39 is 11.5 Å². The molecule has 1 N–H and O–H groups in total. The van der Waals surface area contributed by atoms with Crippen LogP contribution in [-0.4, -0.2) is 30.4 Å². The van der Waals surface area contributed by atoms with Gasteiger partial charge < -0.3 is 29.0 Å². The zero-order valence-corrected chi connectivity index (χ0v) is 17.4. The van der Waals surface area contributed by atoms with E-state index in [-0.39, 0.29) is 32.3 Å². The van der Waals surface area contributed by atoms with Crippen LogP contribution in [0.2, 0.25) is 0 Å². The van der Waals surface area contributed by atoms with Crippen LogP contribution in [0.5, 0.6) is 23.0 Å². The lowest BCUT2D eigenvalue weighted by molar-refractivity contribution is -0.136. The van der Waals surface area contributed by atoms with Gasteiger partial charge in [-0.2, -0.15) is 0 Å². The van der Waals surface area contributed by atoms with Gasteiger partial charge in [0, 0.05) is 11.1 Å². The Morgan fingerprint density at radius 2 is 1.55 bits per heavy atom. The molecule has 3 aromatic carbocycles. The molecule has 166 valence electrons. The summed E-state index contributed by atoms with van der Waals surface area (Å²) in [4.78, 5) is 28.1. The van der Waals surface area contributed by atoms with Crippen molar-refractivity contribution in [1.82, 2.24) is 0 Å². The molecule has 0 fully saturated rings. The van der Waals surface area contributed by atoms with Crippen LogP contribution in [0.15, 0.2) is 60.7 Å². The van der Waals surface area contributed by atoms with E-state index in [0.29, 0.717) is 39.8 Å². The molecule has 33 heavy (non-hydrogen) atoms. The van der Waals surface area contributed by atoms with Crippen LogP contribution in [0.25, 0.3) is 0 Å². The molecule has 3 aliphatic heterocycles. The smallest absolute Gasteiger partial charge is 0.264 e. The largest absolute Gasteiger partial charge is 0.454 e. The first-order chi connectivity index (χ1) is 16.0. The Balaban J connectivity index is 1.30. The fourth-order valence-corrected chi connectivity index (χ4v) is 4.46. The minimum Gasteiger partial charge on any atom is -0.454 e. The highest BCUT2D eigenvalue weighted by Gasteiger charge is 2.50. The van der Waals surface area contributed by atoms with Crippen LogP contribution in [-0.2, 0) is 16.9 Å². The van der Waals surface area contributed by atoms with Gasteiger partial charge in [0.1, 0.15) is 0 Å². The molecule has 0 aromatic heterocycles. The van der Waals surface area contributed by atoms with Gasteiger partial charge in [0.15, 0.2) is 34.4 Å². The maximum Gasteiger partial charge on any atom is 0.264 e. The third-order valence-electron chi connectivity index (χ3n) is 6.13.